The lowest BCUT2D eigenvalue weighted by atomic mass is 10.1. The zero-order chi connectivity index (χ0) is 21.9. The number of amides is 2. The maximum absolute atomic E-state index is 14.2. The second-order valence-corrected chi connectivity index (χ2v) is 8.41. The summed E-state index contributed by atoms with van der Waals surface area (Å²) < 4.78 is 14.2. The first-order chi connectivity index (χ1) is 14.4. The van der Waals surface area contributed by atoms with E-state index in [-0.39, 0.29) is 24.1 Å². The molecule has 2 amide bonds. The van der Waals surface area contributed by atoms with E-state index in [2.05, 4.69) is 5.32 Å². The van der Waals surface area contributed by atoms with Crippen LogP contribution in [0.25, 0.3) is 0 Å². The average molecular weight is 451 g/mol. The van der Waals surface area contributed by atoms with E-state index in [0.29, 0.717) is 22.9 Å². The third kappa shape index (κ3) is 7.33. The van der Waals surface area contributed by atoms with Gasteiger partial charge >= 0.3 is 0 Å². The Hall–Kier alpha value is -2.05. The van der Waals surface area contributed by atoms with Gasteiger partial charge in [-0.2, -0.15) is 0 Å². The van der Waals surface area contributed by atoms with Crippen molar-refractivity contribution in [1.29, 1.82) is 0 Å². The number of benzene rings is 2. The van der Waals surface area contributed by atoms with Crippen molar-refractivity contribution >= 4 is 35.2 Å². The Morgan fingerprint density at radius 1 is 1.13 bits per heavy atom. The third-order valence-corrected chi connectivity index (χ3v) is 6.07. The molecule has 0 aliphatic carbocycles. The lowest BCUT2D eigenvalue weighted by Crippen LogP contribution is -2.48. The standard InChI is InChI=1S/C23H28ClFN2O2S/c1-3-4-13-26-23(29)17(2)27(14-18-9-6-8-12-21(18)25)22(28)16-30-15-19-10-5-7-11-20(19)24/h5-12,17H,3-4,13-16H2,1-2H3,(H,26,29). The fraction of sp³-hybridized carbons (Fsp3) is 0.391. The highest BCUT2D eigenvalue weighted by Crippen LogP contribution is 2.22. The summed E-state index contributed by atoms with van der Waals surface area (Å²) in [7, 11) is 0. The molecule has 4 nitrogen and oxygen atoms in total. The van der Waals surface area contributed by atoms with Gasteiger partial charge in [-0.1, -0.05) is 61.3 Å². The van der Waals surface area contributed by atoms with Crippen LogP contribution in [0.1, 0.15) is 37.8 Å². The molecule has 0 saturated carbocycles. The summed E-state index contributed by atoms with van der Waals surface area (Å²) in [6, 6.07) is 13.1. The molecular formula is C23H28ClFN2O2S. The fourth-order valence-electron chi connectivity index (χ4n) is 2.88. The summed E-state index contributed by atoms with van der Waals surface area (Å²) in [5, 5.41) is 3.51. The van der Waals surface area contributed by atoms with Crippen LogP contribution in [0.15, 0.2) is 48.5 Å². The van der Waals surface area contributed by atoms with E-state index in [1.165, 1.54) is 22.7 Å². The summed E-state index contributed by atoms with van der Waals surface area (Å²) in [4.78, 5) is 27.0. The highest BCUT2D eigenvalue weighted by molar-refractivity contribution is 7.99. The molecular weight excluding hydrogens is 423 g/mol. The van der Waals surface area contributed by atoms with Crippen molar-refractivity contribution in [3.8, 4) is 0 Å². The quantitative estimate of drug-likeness (QED) is 0.487. The minimum Gasteiger partial charge on any atom is -0.354 e. The Morgan fingerprint density at radius 3 is 2.47 bits per heavy atom. The Kier molecular flexibility index (Phi) is 10.2. The van der Waals surface area contributed by atoms with Crippen LogP contribution < -0.4 is 5.32 Å². The van der Waals surface area contributed by atoms with Crippen molar-refractivity contribution in [3.05, 3.63) is 70.5 Å². The predicted molar refractivity (Wildman–Crippen MR) is 122 cm³/mol. The van der Waals surface area contributed by atoms with Gasteiger partial charge in [0.25, 0.3) is 0 Å². The monoisotopic (exact) mass is 450 g/mol. The van der Waals surface area contributed by atoms with Gasteiger partial charge in [0, 0.05) is 29.4 Å². The molecule has 1 atom stereocenters. The van der Waals surface area contributed by atoms with E-state index < -0.39 is 11.9 Å². The van der Waals surface area contributed by atoms with E-state index in [9.17, 15) is 14.0 Å². The van der Waals surface area contributed by atoms with Crippen LogP contribution in [0.3, 0.4) is 0 Å². The van der Waals surface area contributed by atoms with Gasteiger partial charge in [-0.3, -0.25) is 9.59 Å². The van der Waals surface area contributed by atoms with E-state index in [4.69, 9.17) is 11.6 Å². The van der Waals surface area contributed by atoms with Gasteiger partial charge in [0.15, 0.2) is 0 Å². The molecule has 0 radical (unpaired) electrons. The van der Waals surface area contributed by atoms with Crippen molar-refractivity contribution in [3.63, 3.8) is 0 Å². The van der Waals surface area contributed by atoms with Crippen molar-refractivity contribution in [2.45, 2.75) is 45.0 Å². The van der Waals surface area contributed by atoms with Crippen molar-refractivity contribution in [2.75, 3.05) is 12.3 Å². The number of carbonyl (C=O) groups excluding carboxylic acids is 2. The fourth-order valence-corrected chi connectivity index (χ4v) is 4.07. The second-order valence-electron chi connectivity index (χ2n) is 7.02. The molecule has 2 aromatic carbocycles. The molecule has 2 aromatic rings. The maximum Gasteiger partial charge on any atom is 0.242 e. The zero-order valence-electron chi connectivity index (χ0n) is 17.4. The highest BCUT2D eigenvalue weighted by Gasteiger charge is 2.26. The van der Waals surface area contributed by atoms with Crippen LogP contribution in [-0.4, -0.2) is 35.1 Å². The van der Waals surface area contributed by atoms with Gasteiger partial charge < -0.3 is 10.2 Å². The smallest absolute Gasteiger partial charge is 0.242 e. The summed E-state index contributed by atoms with van der Waals surface area (Å²) >= 11 is 7.60. The van der Waals surface area contributed by atoms with Gasteiger partial charge in [0.1, 0.15) is 11.9 Å². The highest BCUT2D eigenvalue weighted by atomic mass is 35.5. The predicted octanol–water partition coefficient (Wildman–Crippen LogP) is 5.05. The Balaban J connectivity index is 2.07. The summed E-state index contributed by atoms with van der Waals surface area (Å²) in [5.41, 5.74) is 1.33. The van der Waals surface area contributed by atoms with Gasteiger partial charge in [-0.25, -0.2) is 4.39 Å². The number of thioether (sulfide) groups is 1. The molecule has 0 spiro atoms. The van der Waals surface area contributed by atoms with Crippen LogP contribution in [-0.2, 0) is 21.9 Å². The van der Waals surface area contributed by atoms with Gasteiger partial charge in [0.2, 0.25) is 11.8 Å². The number of hydrogen-bond donors (Lipinski definition) is 1. The maximum atomic E-state index is 14.2. The first kappa shape index (κ1) is 24.2. The molecule has 0 fully saturated rings. The number of unbranched alkanes of at least 4 members (excludes halogenated alkanes) is 1. The van der Waals surface area contributed by atoms with Gasteiger partial charge in [-0.15, -0.1) is 11.8 Å². The van der Waals surface area contributed by atoms with Crippen LogP contribution in [0, 0.1) is 5.82 Å². The largest absolute Gasteiger partial charge is 0.354 e. The molecule has 0 heterocycles. The van der Waals surface area contributed by atoms with Crippen molar-refractivity contribution < 1.29 is 14.0 Å². The molecule has 7 heteroatoms. The minimum absolute atomic E-state index is 0.0422. The molecule has 1 N–H and O–H groups in total. The van der Waals surface area contributed by atoms with Crippen molar-refractivity contribution in [2.24, 2.45) is 0 Å². The Labute approximate surface area is 187 Å². The van der Waals surface area contributed by atoms with E-state index in [0.717, 1.165) is 18.4 Å². The van der Waals surface area contributed by atoms with E-state index >= 15 is 0 Å². The first-order valence-electron chi connectivity index (χ1n) is 10.1. The van der Waals surface area contributed by atoms with Crippen LogP contribution in [0.5, 0.6) is 0 Å². The zero-order valence-corrected chi connectivity index (χ0v) is 18.9. The number of carbonyl (C=O) groups is 2. The normalized spacial score (nSPS) is 11.7. The molecule has 2 rings (SSSR count). The molecule has 0 aliphatic heterocycles. The van der Waals surface area contributed by atoms with E-state index in [1.54, 1.807) is 25.1 Å². The van der Waals surface area contributed by atoms with Gasteiger partial charge in [-0.05, 0) is 31.0 Å². The topological polar surface area (TPSA) is 49.4 Å². The number of hydrogen-bond acceptors (Lipinski definition) is 3. The molecule has 0 saturated heterocycles. The third-order valence-electron chi connectivity index (χ3n) is 4.74. The number of halogens is 2. The second kappa shape index (κ2) is 12.6. The average Bonchev–Trinajstić information content (AvgIpc) is 2.74. The Bertz CT molecular complexity index is 849. The van der Waals surface area contributed by atoms with E-state index in [1.807, 2.05) is 31.2 Å². The first-order valence-corrected chi connectivity index (χ1v) is 11.6. The molecule has 1 unspecified atom stereocenters. The van der Waals surface area contributed by atoms with Crippen LogP contribution in [0.4, 0.5) is 4.39 Å². The van der Waals surface area contributed by atoms with Crippen LogP contribution >= 0.6 is 23.4 Å². The van der Waals surface area contributed by atoms with Crippen LogP contribution in [0.2, 0.25) is 5.02 Å². The number of nitrogens with one attached hydrogen (secondary N) is 1. The lowest BCUT2D eigenvalue weighted by molar-refractivity contribution is -0.138. The molecule has 30 heavy (non-hydrogen) atoms. The lowest BCUT2D eigenvalue weighted by Gasteiger charge is -2.29. The minimum atomic E-state index is -0.699. The SMILES string of the molecule is CCCCNC(=O)C(C)N(Cc1ccccc1F)C(=O)CSCc1ccccc1Cl. The van der Waals surface area contributed by atoms with Gasteiger partial charge in [0.05, 0.1) is 5.75 Å². The summed E-state index contributed by atoms with van der Waals surface area (Å²) in [6.45, 7) is 4.32. The molecule has 0 aliphatic rings. The molecule has 0 bridgehead atoms. The molecule has 0 aromatic heterocycles. The number of nitrogens with zero attached hydrogens (tertiary/aromatic N) is 1. The Morgan fingerprint density at radius 2 is 1.80 bits per heavy atom. The number of rotatable bonds is 11. The summed E-state index contributed by atoms with van der Waals surface area (Å²) in [6.07, 6.45) is 1.83. The molecule has 162 valence electrons. The van der Waals surface area contributed by atoms with Crippen molar-refractivity contribution in [1.82, 2.24) is 10.2 Å². The summed E-state index contributed by atoms with van der Waals surface area (Å²) in [5.74, 6) is -0.0854.